The Labute approximate surface area is 242 Å². The Morgan fingerprint density at radius 2 is 1.79 bits per heavy atom. The van der Waals surface area contributed by atoms with Gasteiger partial charge in [-0.15, -0.1) is 0 Å². The molecule has 5 nitrogen and oxygen atoms in total. The zero-order valence-corrected chi connectivity index (χ0v) is 24.5. The van der Waals surface area contributed by atoms with E-state index in [2.05, 4.69) is 34.1 Å². The Bertz CT molecular complexity index is 1580. The third kappa shape index (κ3) is 5.09. The molecule has 0 bridgehead atoms. The van der Waals surface area contributed by atoms with Crippen molar-refractivity contribution in [3.63, 3.8) is 0 Å². The molecule has 3 aromatic carbocycles. The van der Waals surface area contributed by atoms with Crippen LogP contribution in [0, 0.1) is 32.1 Å². The fraction of sp³-hybridized carbons (Fsp3) is 0.250. The molecule has 0 spiro atoms. The smallest absolute Gasteiger partial charge is 0.161 e. The number of nitriles is 1. The van der Waals surface area contributed by atoms with Gasteiger partial charge in [0.25, 0.3) is 0 Å². The Morgan fingerprint density at radius 3 is 2.51 bits per heavy atom. The highest BCUT2D eigenvalue weighted by atomic mass is 79.9. The second kappa shape index (κ2) is 10.9. The number of allylic oxidation sites excluding steroid dienone is 3. The number of carbonyl (C=O) groups excluding carboxylic acids is 1. The molecule has 5 rings (SSSR count). The van der Waals surface area contributed by atoms with Crippen LogP contribution < -0.4 is 15.4 Å². The summed E-state index contributed by atoms with van der Waals surface area (Å²) in [7, 11) is 0. The normalized spacial score (nSPS) is 17.3. The molecule has 1 unspecified atom stereocenters. The first-order valence-corrected chi connectivity index (χ1v) is 14.1. The fourth-order valence-electron chi connectivity index (χ4n) is 5.57. The van der Waals surface area contributed by atoms with E-state index in [-0.39, 0.29) is 5.78 Å². The van der Waals surface area contributed by atoms with Crippen LogP contribution in [0.5, 0.6) is 5.75 Å². The summed E-state index contributed by atoms with van der Waals surface area (Å²) in [6.45, 7) is 6.41. The van der Waals surface area contributed by atoms with Crippen molar-refractivity contribution in [1.29, 1.82) is 5.26 Å². The molecular formula is C32H29BrClN3O2. The van der Waals surface area contributed by atoms with Gasteiger partial charge in [-0.2, -0.15) is 5.26 Å². The molecule has 0 amide bonds. The number of rotatable bonds is 5. The van der Waals surface area contributed by atoms with Crippen molar-refractivity contribution in [2.45, 2.75) is 52.6 Å². The van der Waals surface area contributed by atoms with Crippen molar-refractivity contribution >= 4 is 39.0 Å². The van der Waals surface area contributed by atoms with E-state index in [1.807, 2.05) is 68.1 Å². The molecule has 0 aromatic heterocycles. The van der Waals surface area contributed by atoms with E-state index >= 15 is 0 Å². The predicted octanol–water partition coefficient (Wildman–Crippen LogP) is 7.91. The van der Waals surface area contributed by atoms with E-state index in [1.54, 1.807) is 0 Å². The lowest BCUT2D eigenvalue weighted by Gasteiger charge is -2.40. The number of carbonyl (C=O) groups is 1. The van der Waals surface area contributed by atoms with Gasteiger partial charge in [0.1, 0.15) is 18.2 Å². The summed E-state index contributed by atoms with van der Waals surface area (Å²) in [6.07, 6.45) is 1.86. The van der Waals surface area contributed by atoms with Crippen LogP contribution >= 0.6 is 27.5 Å². The summed E-state index contributed by atoms with van der Waals surface area (Å²) >= 11 is 9.82. The molecule has 39 heavy (non-hydrogen) atoms. The second-order valence-corrected chi connectivity index (χ2v) is 11.5. The molecule has 3 aromatic rings. The van der Waals surface area contributed by atoms with Gasteiger partial charge in [-0.05, 0) is 97.8 Å². The van der Waals surface area contributed by atoms with Crippen molar-refractivity contribution in [3.05, 3.63) is 115 Å². The van der Waals surface area contributed by atoms with Crippen LogP contribution in [0.15, 0.2) is 81.7 Å². The third-order valence-corrected chi connectivity index (χ3v) is 8.33. The highest BCUT2D eigenvalue weighted by molar-refractivity contribution is 9.10. The summed E-state index contributed by atoms with van der Waals surface area (Å²) in [5, 5.41) is 11.0. The number of anilines is 1. The van der Waals surface area contributed by atoms with E-state index in [0.29, 0.717) is 41.4 Å². The summed E-state index contributed by atoms with van der Waals surface area (Å²) in [4.78, 5) is 15.5. The number of Topliss-reactive ketones (excluding diaryl/α,β-unsaturated/α-hetero) is 1. The summed E-state index contributed by atoms with van der Waals surface area (Å²) in [5.41, 5.74) is 14.4. The van der Waals surface area contributed by atoms with Crippen LogP contribution in [0.2, 0.25) is 5.02 Å². The minimum atomic E-state index is -0.541. The molecule has 1 aliphatic heterocycles. The van der Waals surface area contributed by atoms with Crippen LogP contribution in [-0.2, 0) is 11.4 Å². The van der Waals surface area contributed by atoms with Gasteiger partial charge in [0.15, 0.2) is 5.78 Å². The standard InChI is InChI=1S/C32H29BrClN3O2/c1-18-7-10-23(34)15-28(18)37-27-5-4-6-29(38)31(27)30(26(16-35)32(37)36)25-14-21(19(2)13-20(25)3)17-39-24-11-8-22(33)9-12-24/h7-15,30H,4-6,17,36H2,1-3H3. The van der Waals surface area contributed by atoms with E-state index in [9.17, 15) is 10.1 Å². The lowest BCUT2D eigenvalue weighted by Crippen LogP contribution is -2.39. The molecule has 2 N–H and O–H groups in total. The first kappa shape index (κ1) is 27.1. The number of nitrogens with two attached hydrogens (primary N) is 1. The molecular weight excluding hydrogens is 574 g/mol. The van der Waals surface area contributed by atoms with Gasteiger partial charge in [0, 0.05) is 27.2 Å². The fourth-order valence-corrected chi connectivity index (χ4v) is 6.00. The van der Waals surface area contributed by atoms with Crippen molar-refractivity contribution in [1.82, 2.24) is 0 Å². The van der Waals surface area contributed by atoms with Crippen LogP contribution in [0.3, 0.4) is 0 Å². The number of hydrogen-bond donors (Lipinski definition) is 1. The Kier molecular flexibility index (Phi) is 7.57. The van der Waals surface area contributed by atoms with Crippen LogP contribution in [-0.4, -0.2) is 5.78 Å². The molecule has 198 valence electrons. The van der Waals surface area contributed by atoms with Gasteiger partial charge in [0.2, 0.25) is 0 Å². The summed E-state index contributed by atoms with van der Waals surface area (Å²) in [5.74, 6) is 0.618. The minimum Gasteiger partial charge on any atom is -0.489 e. The average Bonchev–Trinajstić information content (AvgIpc) is 2.90. The number of halogens is 2. The maximum Gasteiger partial charge on any atom is 0.161 e. The van der Waals surface area contributed by atoms with Crippen LogP contribution in [0.4, 0.5) is 5.69 Å². The molecule has 0 radical (unpaired) electrons. The van der Waals surface area contributed by atoms with Crippen LogP contribution in [0.25, 0.3) is 0 Å². The number of benzene rings is 3. The average molecular weight is 603 g/mol. The molecule has 1 aliphatic carbocycles. The SMILES string of the molecule is Cc1cc(C)c(C2C(C#N)=C(N)N(c3cc(Cl)ccc3C)C3=C2C(=O)CCC3)cc1COc1ccc(Br)cc1. The molecule has 0 saturated heterocycles. The molecule has 1 atom stereocenters. The van der Waals surface area contributed by atoms with E-state index < -0.39 is 5.92 Å². The molecule has 2 aliphatic rings. The van der Waals surface area contributed by atoms with Gasteiger partial charge < -0.3 is 10.5 Å². The Balaban J connectivity index is 1.64. The van der Waals surface area contributed by atoms with Crippen molar-refractivity contribution in [2.75, 3.05) is 4.90 Å². The van der Waals surface area contributed by atoms with Gasteiger partial charge in [-0.25, -0.2) is 0 Å². The number of nitrogens with zero attached hydrogens (tertiary/aromatic N) is 2. The number of aryl methyl sites for hydroxylation is 3. The van der Waals surface area contributed by atoms with Gasteiger partial charge in [-0.3, -0.25) is 9.69 Å². The molecule has 0 fully saturated rings. The summed E-state index contributed by atoms with van der Waals surface area (Å²) < 4.78 is 7.07. The van der Waals surface area contributed by atoms with E-state index in [1.165, 1.54) is 0 Å². The Hall–Kier alpha value is -3.53. The maximum atomic E-state index is 13.6. The monoisotopic (exact) mass is 601 g/mol. The van der Waals surface area contributed by atoms with E-state index in [0.717, 1.165) is 55.8 Å². The number of ketones is 1. The highest BCUT2D eigenvalue weighted by Gasteiger charge is 2.41. The highest BCUT2D eigenvalue weighted by Crippen LogP contribution is 2.48. The molecule has 0 saturated carbocycles. The quantitative estimate of drug-likeness (QED) is 0.321. The van der Waals surface area contributed by atoms with Crippen molar-refractivity contribution in [2.24, 2.45) is 5.73 Å². The van der Waals surface area contributed by atoms with Crippen molar-refractivity contribution < 1.29 is 9.53 Å². The van der Waals surface area contributed by atoms with E-state index in [4.69, 9.17) is 22.1 Å². The third-order valence-electron chi connectivity index (χ3n) is 7.57. The van der Waals surface area contributed by atoms with Gasteiger partial charge in [-0.1, -0.05) is 45.7 Å². The lowest BCUT2D eigenvalue weighted by molar-refractivity contribution is -0.116. The van der Waals surface area contributed by atoms with Crippen LogP contribution in [0.1, 0.15) is 53.0 Å². The summed E-state index contributed by atoms with van der Waals surface area (Å²) in [6, 6.07) is 19.8. The number of ether oxygens (including phenoxy) is 1. The first-order valence-electron chi connectivity index (χ1n) is 12.9. The Morgan fingerprint density at radius 1 is 1.05 bits per heavy atom. The molecule has 1 heterocycles. The zero-order valence-electron chi connectivity index (χ0n) is 22.1. The van der Waals surface area contributed by atoms with Crippen molar-refractivity contribution in [3.8, 4) is 11.8 Å². The first-order chi connectivity index (χ1) is 18.7. The largest absolute Gasteiger partial charge is 0.489 e. The predicted molar refractivity (Wildman–Crippen MR) is 159 cm³/mol. The zero-order chi connectivity index (χ0) is 27.8. The topological polar surface area (TPSA) is 79.4 Å². The van der Waals surface area contributed by atoms with Gasteiger partial charge >= 0.3 is 0 Å². The lowest BCUT2D eigenvalue weighted by atomic mass is 9.74. The maximum absolute atomic E-state index is 13.6. The number of hydrogen-bond acceptors (Lipinski definition) is 5. The van der Waals surface area contributed by atoms with Gasteiger partial charge in [0.05, 0.1) is 23.2 Å². The second-order valence-electron chi connectivity index (χ2n) is 10.1. The minimum absolute atomic E-state index is 0.0545. The molecule has 7 heteroatoms.